The first-order chi connectivity index (χ1) is 7.79. The smallest absolute Gasteiger partial charge is 0.0100 e. The molecule has 0 aromatic rings. The van der Waals surface area contributed by atoms with Crippen molar-refractivity contribution in [1.29, 1.82) is 0 Å². The lowest BCUT2D eigenvalue weighted by Crippen LogP contribution is -2.40. The fraction of sp³-hybridized carbons (Fsp3) is 1.00. The van der Waals surface area contributed by atoms with E-state index in [1.807, 2.05) is 0 Å². The standard InChI is InChI=1S/C14H26BrN/c1-2-16(13-7-8-13)12-14(11-15)9-5-3-4-6-10-14/h13H,2-12H2,1H3. The Bertz CT molecular complexity index is 205. The maximum atomic E-state index is 3.80. The first kappa shape index (κ1) is 12.9. The number of hydrogen-bond donors (Lipinski definition) is 0. The molecular weight excluding hydrogens is 262 g/mol. The SMILES string of the molecule is CCN(CC1(CBr)CCCCCC1)C1CC1. The fourth-order valence-electron chi connectivity index (χ4n) is 3.18. The van der Waals surface area contributed by atoms with Gasteiger partial charge in [-0.15, -0.1) is 0 Å². The van der Waals surface area contributed by atoms with Gasteiger partial charge in [0, 0.05) is 17.9 Å². The largest absolute Gasteiger partial charge is 0.300 e. The monoisotopic (exact) mass is 287 g/mol. The van der Waals surface area contributed by atoms with Gasteiger partial charge in [0.25, 0.3) is 0 Å². The van der Waals surface area contributed by atoms with Crippen molar-refractivity contribution in [3.63, 3.8) is 0 Å². The van der Waals surface area contributed by atoms with E-state index in [-0.39, 0.29) is 0 Å². The van der Waals surface area contributed by atoms with Gasteiger partial charge in [-0.25, -0.2) is 0 Å². The summed E-state index contributed by atoms with van der Waals surface area (Å²) < 4.78 is 0. The molecule has 2 fully saturated rings. The van der Waals surface area contributed by atoms with Crippen LogP contribution in [0.3, 0.4) is 0 Å². The predicted molar refractivity (Wildman–Crippen MR) is 74.2 cm³/mol. The molecule has 0 N–H and O–H groups in total. The fourth-order valence-corrected chi connectivity index (χ4v) is 3.92. The third kappa shape index (κ3) is 3.22. The molecule has 2 heteroatoms. The van der Waals surface area contributed by atoms with E-state index in [2.05, 4.69) is 27.8 Å². The van der Waals surface area contributed by atoms with Crippen LogP contribution in [0.1, 0.15) is 58.3 Å². The highest BCUT2D eigenvalue weighted by Crippen LogP contribution is 2.39. The average Bonchev–Trinajstić information content (AvgIpc) is 3.13. The molecule has 0 bridgehead atoms. The number of rotatable bonds is 5. The zero-order chi connectivity index (χ0) is 11.4. The Balaban J connectivity index is 1.95. The summed E-state index contributed by atoms with van der Waals surface area (Å²) in [5.41, 5.74) is 0.592. The van der Waals surface area contributed by atoms with E-state index in [0.29, 0.717) is 5.41 Å². The second-order valence-electron chi connectivity index (χ2n) is 5.84. The molecule has 0 aromatic heterocycles. The molecule has 0 heterocycles. The van der Waals surface area contributed by atoms with Crippen molar-refractivity contribution in [3.05, 3.63) is 0 Å². The molecule has 0 spiro atoms. The molecule has 2 aliphatic rings. The topological polar surface area (TPSA) is 3.24 Å². The van der Waals surface area contributed by atoms with E-state index in [1.165, 1.54) is 69.8 Å². The highest BCUT2D eigenvalue weighted by molar-refractivity contribution is 9.09. The van der Waals surface area contributed by atoms with E-state index >= 15 is 0 Å². The van der Waals surface area contributed by atoms with Crippen LogP contribution in [0.5, 0.6) is 0 Å². The third-order valence-electron chi connectivity index (χ3n) is 4.46. The van der Waals surface area contributed by atoms with Crippen molar-refractivity contribution < 1.29 is 0 Å². The van der Waals surface area contributed by atoms with Crippen LogP contribution in [0, 0.1) is 5.41 Å². The normalized spacial score (nSPS) is 25.7. The molecular formula is C14H26BrN. The minimum atomic E-state index is 0.592. The van der Waals surface area contributed by atoms with E-state index in [9.17, 15) is 0 Å². The van der Waals surface area contributed by atoms with Crippen molar-refractivity contribution >= 4 is 15.9 Å². The van der Waals surface area contributed by atoms with Gasteiger partial charge < -0.3 is 4.90 Å². The molecule has 0 aromatic carbocycles. The zero-order valence-corrected chi connectivity index (χ0v) is 12.3. The van der Waals surface area contributed by atoms with Gasteiger partial charge >= 0.3 is 0 Å². The van der Waals surface area contributed by atoms with Crippen LogP contribution in [-0.4, -0.2) is 29.4 Å². The molecule has 0 saturated heterocycles. The minimum absolute atomic E-state index is 0.592. The Morgan fingerprint density at radius 2 is 1.75 bits per heavy atom. The molecule has 0 amide bonds. The van der Waals surface area contributed by atoms with E-state index in [1.54, 1.807) is 0 Å². The van der Waals surface area contributed by atoms with Gasteiger partial charge in [0.2, 0.25) is 0 Å². The Labute approximate surface area is 109 Å². The van der Waals surface area contributed by atoms with Gasteiger partial charge in [-0.2, -0.15) is 0 Å². The zero-order valence-electron chi connectivity index (χ0n) is 10.7. The molecule has 2 saturated carbocycles. The molecule has 1 nitrogen and oxygen atoms in total. The highest BCUT2D eigenvalue weighted by atomic mass is 79.9. The van der Waals surface area contributed by atoms with E-state index in [0.717, 1.165) is 6.04 Å². The number of nitrogens with zero attached hydrogens (tertiary/aromatic N) is 1. The van der Waals surface area contributed by atoms with Crippen LogP contribution >= 0.6 is 15.9 Å². The van der Waals surface area contributed by atoms with Crippen LogP contribution in [0.2, 0.25) is 0 Å². The molecule has 16 heavy (non-hydrogen) atoms. The highest BCUT2D eigenvalue weighted by Gasteiger charge is 2.36. The molecule has 0 atom stereocenters. The van der Waals surface area contributed by atoms with Gasteiger partial charge in [0.1, 0.15) is 0 Å². The van der Waals surface area contributed by atoms with Crippen molar-refractivity contribution in [3.8, 4) is 0 Å². The molecule has 0 unspecified atom stereocenters. The summed E-state index contributed by atoms with van der Waals surface area (Å²) in [5.74, 6) is 0. The number of alkyl halides is 1. The Hall–Kier alpha value is 0.440. The lowest BCUT2D eigenvalue weighted by molar-refractivity contribution is 0.150. The lowest BCUT2D eigenvalue weighted by atomic mass is 9.82. The number of hydrogen-bond acceptors (Lipinski definition) is 1. The molecule has 2 aliphatic carbocycles. The average molecular weight is 288 g/mol. The Kier molecular flexibility index (Phi) is 4.72. The van der Waals surface area contributed by atoms with Crippen LogP contribution < -0.4 is 0 Å². The number of halogens is 1. The van der Waals surface area contributed by atoms with Crippen molar-refractivity contribution in [2.24, 2.45) is 5.41 Å². The molecule has 0 radical (unpaired) electrons. The summed E-state index contributed by atoms with van der Waals surface area (Å²) in [7, 11) is 0. The second kappa shape index (κ2) is 5.86. The second-order valence-corrected chi connectivity index (χ2v) is 6.40. The van der Waals surface area contributed by atoms with Crippen LogP contribution in [0.25, 0.3) is 0 Å². The molecule has 0 aliphatic heterocycles. The van der Waals surface area contributed by atoms with Gasteiger partial charge in [-0.05, 0) is 37.6 Å². The van der Waals surface area contributed by atoms with Gasteiger partial charge in [-0.1, -0.05) is 48.5 Å². The minimum Gasteiger partial charge on any atom is -0.300 e. The maximum Gasteiger partial charge on any atom is 0.0100 e. The van der Waals surface area contributed by atoms with Crippen molar-refractivity contribution in [1.82, 2.24) is 4.90 Å². The molecule has 94 valence electrons. The van der Waals surface area contributed by atoms with E-state index < -0.39 is 0 Å². The summed E-state index contributed by atoms with van der Waals surface area (Å²) >= 11 is 3.80. The molecule has 2 rings (SSSR count). The summed E-state index contributed by atoms with van der Waals surface area (Å²) in [4.78, 5) is 2.74. The lowest BCUT2D eigenvalue weighted by Gasteiger charge is -2.36. The van der Waals surface area contributed by atoms with Crippen molar-refractivity contribution in [2.45, 2.75) is 64.3 Å². The first-order valence-electron chi connectivity index (χ1n) is 7.10. The summed E-state index contributed by atoms with van der Waals surface area (Å²) in [6.07, 6.45) is 11.6. The third-order valence-corrected chi connectivity index (χ3v) is 5.65. The quantitative estimate of drug-likeness (QED) is 0.541. The van der Waals surface area contributed by atoms with Gasteiger partial charge in [0.05, 0.1) is 0 Å². The maximum absolute atomic E-state index is 3.80. The summed E-state index contributed by atoms with van der Waals surface area (Å²) in [6, 6.07) is 0.934. The first-order valence-corrected chi connectivity index (χ1v) is 8.22. The summed E-state index contributed by atoms with van der Waals surface area (Å²) in [6.45, 7) is 4.93. The predicted octanol–water partition coefficient (Wildman–Crippen LogP) is 4.21. The summed E-state index contributed by atoms with van der Waals surface area (Å²) in [5, 5.41) is 1.21. The van der Waals surface area contributed by atoms with Crippen LogP contribution in [0.4, 0.5) is 0 Å². The van der Waals surface area contributed by atoms with Crippen molar-refractivity contribution in [2.75, 3.05) is 18.4 Å². The van der Waals surface area contributed by atoms with E-state index in [4.69, 9.17) is 0 Å². The van der Waals surface area contributed by atoms with Crippen LogP contribution in [0.15, 0.2) is 0 Å². The van der Waals surface area contributed by atoms with Crippen LogP contribution in [-0.2, 0) is 0 Å². The van der Waals surface area contributed by atoms with Gasteiger partial charge in [0.15, 0.2) is 0 Å². The Morgan fingerprint density at radius 1 is 1.12 bits per heavy atom. The Morgan fingerprint density at radius 3 is 2.19 bits per heavy atom. The van der Waals surface area contributed by atoms with Gasteiger partial charge in [-0.3, -0.25) is 0 Å².